The maximum Gasteiger partial charge on any atom is 0.249 e. The third-order valence-electron chi connectivity index (χ3n) is 2.61. The first-order valence-electron chi connectivity index (χ1n) is 5.44. The van der Waals surface area contributed by atoms with E-state index < -0.39 is 21.7 Å². The number of hydrogen-bond donors (Lipinski definition) is 2. The fourth-order valence-electron chi connectivity index (χ4n) is 1.78. The van der Waals surface area contributed by atoms with Gasteiger partial charge in [0.05, 0.1) is 10.5 Å². The molecule has 1 amide bonds. The van der Waals surface area contributed by atoms with Gasteiger partial charge in [-0.15, -0.1) is 0 Å². The van der Waals surface area contributed by atoms with Crippen molar-refractivity contribution in [2.75, 3.05) is 0 Å². The van der Waals surface area contributed by atoms with Crippen LogP contribution < -0.4 is 10.9 Å². The number of primary sulfonamides is 1. The van der Waals surface area contributed by atoms with Gasteiger partial charge in [0.25, 0.3) is 0 Å². The van der Waals surface area contributed by atoms with Gasteiger partial charge in [0.15, 0.2) is 0 Å². The van der Waals surface area contributed by atoms with Crippen LogP contribution in [0.2, 0.25) is 0 Å². The minimum atomic E-state index is -3.98. The van der Waals surface area contributed by atoms with Crippen LogP contribution >= 0.6 is 0 Å². The Labute approximate surface area is 115 Å². The van der Waals surface area contributed by atoms with Gasteiger partial charge in [-0.3, -0.25) is 4.79 Å². The van der Waals surface area contributed by atoms with Crippen molar-refractivity contribution in [1.82, 2.24) is 0 Å². The predicted molar refractivity (Wildman–Crippen MR) is 70.6 cm³/mol. The Morgan fingerprint density at radius 1 is 1.20 bits per heavy atom. The van der Waals surface area contributed by atoms with Crippen LogP contribution in [0, 0.1) is 11.9 Å². The molecule has 0 heterocycles. The molecule has 0 bridgehead atoms. The SMILES string of the molecule is NC(=O)c1[c]c(F)cc(-c2ccccc2S(N)(=O)=O)c1. The number of halogens is 1. The monoisotopic (exact) mass is 293 g/mol. The first-order chi connectivity index (χ1) is 9.29. The van der Waals surface area contributed by atoms with Crippen molar-refractivity contribution in [3.05, 3.63) is 53.8 Å². The lowest BCUT2D eigenvalue weighted by Crippen LogP contribution is -2.14. The van der Waals surface area contributed by atoms with Gasteiger partial charge >= 0.3 is 0 Å². The number of primary amides is 1. The van der Waals surface area contributed by atoms with Crippen molar-refractivity contribution in [3.8, 4) is 11.1 Å². The summed E-state index contributed by atoms with van der Waals surface area (Å²) >= 11 is 0. The van der Waals surface area contributed by atoms with E-state index in [0.29, 0.717) is 0 Å². The summed E-state index contributed by atoms with van der Waals surface area (Å²) in [5.74, 6) is -1.68. The molecule has 0 saturated heterocycles. The Morgan fingerprint density at radius 3 is 2.45 bits per heavy atom. The zero-order valence-corrected chi connectivity index (χ0v) is 10.9. The number of benzene rings is 2. The van der Waals surface area contributed by atoms with Gasteiger partial charge in [-0.05, 0) is 23.8 Å². The smallest absolute Gasteiger partial charge is 0.249 e. The Kier molecular flexibility index (Phi) is 3.56. The second kappa shape index (κ2) is 5.03. The summed E-state index contributed by atoms with van der Waals surface area (Å²) in [4.78, 5) is 10.9. The van der Waals surface area contributed by atoms with Crippen molar-refractivity contribution in [1.29, 1.82) is 0 Å². The van der Waals surface area contributed by atoms with E-state index >= 15 is 0 Å². The fourth-order valence-corrected chi connectivity index (χ4v) is 2.54. The molecule has 0 aliphatic heterocycles. The molecule has 0 spiro atoms. The molecule has 2 aromatic carbocycles. The third kappa shape index (κ3) is 2.84. The normalized spacial score (nSPS) is 11.3. The highest BCUT2D eigenvalue weighted by molar-refractivity contribution is 7.89. The Balaban J connectivity index is 2.73. The number of sulfonamides is 1. The average Bonchev–Trinajstić information content (AvgIpc) is 2.37. The minimum absolute atomic E-state index is 0.166. The highest BCUT2D eigenvalue weighted by Crippen LogP contribution is 2.27. The molecule has 0 unspecified atom stereocenters. The van der Waals surface area contributed by atoms with Crippen molar-refractivity contribution < 1.29 is 17.6 Å². The van der Waals surface area contributed by atoms with Crippen LogP contribution in [-0.4, -0.2) is 14.3 Å². The number of amides is 1. The molecule has 1 radical (unpaired) electrons. The molecule has 5 nitrogen and oxygen atoms in total. The van der Waals surface area contributed by atoms with E-state index in [2.05, 4.69) is 6.07 Å². The number of rotatable bonds is 3. The quantitative estimate of drug-likeness (QED) is 0.883. The van der Waals surface area contributed by atoms with Crippen LogP contribution in [0.4, 0.5) is 4.39 Å². The lowest BCUT2D eigenvalue weighted by atomic mass is 10.0. The van der Waals surface area contributed by atoms with Gasteiger partial charge in [-0.25, -0.2) is 17.9 Å². The van der Waals surface area contributed by atoms with Crippen molar-refractivity contribution in [3.63, 3.8) is 0 Å². The molecule has 103 valence electrons. The van der Waals surface area contributed by atoms with Crippen molar-refractivity contribution in [2.24, 2.45) is 10.9 Å². The molecular formula is C13H10FN2O3S. The van der Waals surface area contributed by atoms with E-state index in [-0.39, 0.29) is 21.6 Å². The Bertz CT molecular complexity index is 788. The number of nitrogens with two attached hydrogens (primary N) is 2. The summed E-state index contributed by atoms with van der Waals surface area (Å²) in [6.45, 7) is 0. The molecule has 0 aliphatic rings. The summed E-state index contributed by atoms with van der Waals surface area (Å²) in [5, 5.41) is 5.11. The van der Waals surface area contributed by atoms with Gasteiger partial charge in [0.1, 0.15) is 5.82 Å². The van der Waals surface area contributed by atoms with Crippen LogP contribution in [0.3, 0.4) is 0 Å². The predicted octanol–water partition coefficient (Wildman–Crippen LogP) is 1.04. The largest absolute Gasteiger partial charge is 0.366 e. The second-order valence-electron chi connectivity index (χ2n) is 4.04. The average molecular weight is 293 g/mol. The van der Waals surface area contributed by atoms with Crippen LogP contribution in [0.5, 0.6) is 0 Å². The lowest BCUT2D eigenvalue weighted by Gasteiger charge is -2.09. The first-order valence-corrected chi connectivity index (χ1v) is 6.98. The van der Waals surface area contributed by atoms with Gasteiger partial charge in [-0.2, -0.15) is 0 Å². The maximum atomic E-state index is 13.5. The summed E-state index contributed by atoms with van der Waals surface area (Å²) in [6, 6.07) is 10.3. The number of hydrogen-bond acceptors (Lipinski definition) is 3. The number of carbonyl (C=O) groups excluding carboxylic acids is 1. The van der Waals surface area contributed by atoms with E-state index in [9.17, 15) is 17.6 Å². The van der Waals surface area contributed by atoms with Crippen LogP contribution in [0.25, 0.3) is 11.1 Å². The van der Waals surface area contributed by atoms with Gasteiger partial charge < -0.3 is 5.73 Å². The minimum Gasteiger partial charge on any atom is -0.366 e. The molecule has 0 aromatic heterocycles. The molecule has 0 atom stereocenters. The molecule has 0 aliphatic carbocycles. The van der Waals surface area contributed by atoms with Crippen LogP contribution in [0.1, 0.15) is 10.4 Å². The summed E-state index contributed by atoms with van der Waals surface area (Å²) in [5.41, 5.74) is 5.26. The summed E-state index contributed by atoms with van der Waals surface area (Å²) < 4.78 is 36.5. The standard InChI is InChI=1S/C13H10FN2O3S/c14-10-6-8(5-9(7-10)13(15)17)11-3-1-2-4-12(11)20(16,18)19/h1-6H,(H2,15,17)(H2,16,18,19). The molecule has 2 aromatic rings. The number of carbonyl (C=O) groups is 1. The summed E-state index contributed by atoms with van der Waals surface area (Å²) in [6.07, 6.45) is 0. The Morgan fingerprint density at radius 2 is 1.85 bits per heavy atom. The summed E-state index contributed by atoms with van der Waals surface area (Å²) in [7, 11) is -3.98. The van der Waals surface area contributed by atoms with Gasteiger partial charge in [0, 0.05) is 11.6 Å². The highest BCUT2D eigenvalue weighted by Gasteiger charge is 2.16. The zero-order valence-electron chi connectivity index (χ0n) is 10.1. The third-order valence-corrected chi connectivity index (χ3v) is 3.58. The lowest BCUT2D eigenvalue weighted by molar-refractivity contribution is 0.0999. The van der Waals surface area contributed by atoms with Crippen molar-refractivity contribution >= 4 is 15.9 Å². The molecule has 7 heteroatoms. The van der Waals surface area contributed by atoms with Gasteiger partial charge in [-0.1, -0.05) is 18.2 Å². The fraction of sp³-hybridized carbons (Fsp3) is 0. The maximum absolute atomic E-state index is 13.5. The van der Waals surface area contributed by atoms with Gasteiger partial charge in [0.2, 0.25) is 15.9 Å². The second-order valence-corrected chi connectivity index (χ2v) is 5.57. The van der Waals surface area contributed by atoms with E-state index in [1.807, 2.05) is 0 Å². The molecule has 20 heavy (non-hydrogen) atoms. The van der Waals surface area contributed by atoms with Crippen LogP contribution in [0.15, 0.2) is 41.3 Å². The van der Waals surface area contributed by atoms with E-state index in [1.54, 1.807) is 6.07 Å². The topological polar surface area (TPSA) is 103 Å². The zero-order chi connectivity index (χ0) is 14.9. The molecule has 4 N–H and O–H groups in total. The van der Waals surface area contributed by atoms with E-state index in [0.717, 1.165) is 6.07 Å². The van der Waals surface area contributed by atoms with Crippen molar-refractivity contribution in [2.45, 2.75) is 4.90 Å². The van der Waals surface area contributed by atoms with E-state index in [1.165, 1.54) is 24.3 Å². The highest BCUT2D eigenvalue weighted by atomic mass is 32.2. The first kappa shape index (κ1) is 14.2. The molecular weight excluding hydrogens is 283 g/mol. The van der Waals surface area contributed by atoms with Crippen LogP contribution in [-0.2, 0) is 10.0 Å². The molecule has 2 rings (SSSR count). The van der Waals surface area contributed by atoms with E-state index in [4.69, 9.17) is 10.9 Å². The Hall–Kier alpha value is -2.25. The molecule has 0 saturated carbocycles. The molecule has 0 fully saturated rings.